The number of hydrogen-bond acceptors (Lipinski definition) is 2. The van der Waals surface area contributed by atoms with Gasteiger partial charge in [0.2, 0.25) is 5.91 Å². The number of rotatable bonds is 3. The highest BCUT2D eigenvalue weighted by Gasteiger charge is 2.18. The number of aromatic nitrogens is 1. The Labute approximate surface area is 152 Å². The van der Waals surface area contributed by atoms with Crippen molar-refractivity contribution in [3.05, 3.63) is 76.3 Å². The number of phenolic OH excluding ortho intramolecular Hbond substituents is 1. The van der Waals surface area contributed by atoms with Gasteiger partial charge in [0.25, 0.3) is 0 Å². The molecule has 1 amide bonds. The van der Waals surface area contributed by atoms with Gasteiger partial charge in [0.05, 0.1) is 16.4 Å². The number of nitrogens with two attached hydrogens (primary N) is 1. The van der Waals surface area contributed by atoms with E-state index in [9.17, 15) is 9.90 Å². The molecular weight excluding hydrogens is 380 g/mol. The zero-order valence-electron chi connectivity index (χ0n) is 13.2. The summed E-state index contributed by atoms with van der Waals surface area (Å²) in [6, 6.07) is 18.9. The molecule has 0 aliphatic rings. The quantitative estimate of drug-likeness (QED) is 0.540. The third-order valence-electron chi connectivity index (χ3n) is 4.39. The van der Waals surface area contributed by atoms with Gasteiger partial charge in [0.15, 0.2) is 0 Å². The first-order valence-electron chi connectivity index (χ1n) is 7.83. The van der Waals surface area contributed by atoms with Crippen LogP contribution in [0.2, 0.25) is 0 Å². The summed E-state index contributed by atoms with van der Waals surface area (Å²) < 4.78 is 3.10. The maximum atomic E-state index is 11.9. The Morgan fingerprint density at radius 1 is 1.00 bits per heavy atom. The molecule has 0 spiro atoms. The first kappa shape index (κ1) is 15.7. The van der Waals surface area contributed by atoms with Crippen LogP contribution in [0.1, 0.15) is 15.9 Å². The summed E-state index contributed by atoms with van der Waals surface area (Å²) in [5.74, 6) is -0.362. The number of carbonyl (C=O) groups is 1. The summed E-state index contributed by atoms with van der Waals surface area (Å²) in [6.45, 7) is 0.616. The van der Waals surface area contributed by atoms with Gasteiger partial charge in [-0.05, 0) is 42.0 Å². The second-order valence-electron chi connectivity index (χ2n) is 5.95. The largest absolute Gasteiger partial charge is 0.507 e. The molecule has 4 nitrogen and oxygen atoms in total. The van der Waals surface area contributed by atoms with Crippen molar-refractivity contribution in [2.75, 3.05) is 0 Å². The molecule has 0 bridgehead atoms. The van der Waals surface area contributed by atoms with Gasteiger partial charge in [0, 0.05) is 22.0 Å². The molecule has 0 radical (unpaired) electrons. The van der Waals surface area contributed by atoms with E-state index in [4.69, 9.17) is 5.73 Å². The van der Waals surface area contributed by atoms with E-state index in [0.29, 0.717) is 22.9 Å². The fraction of sp³-hybridized carbons (Fsp3) is 0.0500. The summed E-state index contributed by atoms with van der Waals surface area (Å²) in [5, 5.41) is 11.8. The molecule has 1 aromatic heterocycles. The molecule has 0 aliphatic heterocycles. The third kappa shape index (κ3) is 2.57. The van der Waals surface area contributed by atoms with E-state index in [1.165, 1.54) is 0 Å². The van der Waals surface area contributed by atoms with Crippen LogP contribution in [0.3, 0.4) is 0 Å². The average molecular weight is 395 g/mol. The molecule has 0 unspecified atom stereocenters. The van der Waals surface area contributed by atoms with Crippen LogP contribution in [0.15, 0.2) is 65.1 Å². The van der Waals surface area contributed by atoms with Crippen LogP contribution in [-0.2, 0) is 6.54 Å². The molecule has 4 aromatic rings. The van der Waals surface area contributed by atoms with Crippen LogP contribution in [0.5, 0.6) is 5.75 Å². The van der Waals surface area contributed by atoms with E-state index in [2.05, 4.69) is 26.6 Å². The van der Waals surface area contributed by atoms with Crippen molar-refractivity contribution in [1.29, 1.82) is 0 Å². The Kier molecular flexibility index (Phi) is 3.73. The van der Waals surface area contributed by atoms with Crippen molar-refractivity contribution < 1.29 is 9.90 Å². The van der Waals surface area contributed by atoms with Crippen LogP contribution in [-0.4, -0.2) is 15.6 Å². The number of aromatic hydroxyl groups is 1. The van der Waals surface area contributed by atoms with Crippen LogP contribution in [0.25, 0.3) is 21.8 Å². The summed E-state index contributed by atoms with van der Waals surface area (Å²) >= 11 is 3.50. The van der Waals surface area contributed by atoms with E-state index >= 15 is 0 Å². The zero-order valence-corrected chi connectivity index (χ0v) is 14.8. The maximum absolute atomic E-state index is 11.9. The fourth-order valence-corrected chi connectivity index (χ4v) is 3.81. The van der Waals surface area contributed by atoms with Gasteiger partial charge < -0.3 is 15.4 Å². The van der Waals surface area contributed by atoms with Gasteiger partial charge in [0.1, 0.15) is 5.75 Å². The Hall–Kier alpha value is -2.79. The molecule has 0 saturated heterocycles. The van der Waals surface area contributed by atoms with Gasteiger partial charge in [-0.15, -0.1) is 0 Å². The van der Waals surface area contributed by atoms with Crippen molar-refractivity contribution in [3.63, 3.8) is 0 Å². The monoisotopic (exact) mass is 394 g/mol. The van der Waals surface area contributed by atoms with Gasteiger partial charge in [-0.25, -0.2) is 0 Å². The standard InChI is InChI=1S/C20H15BrN2O2/c21-13-5-1-4-12(10-13)11-23-15-7-2-6-14(20(22)25)18(15)19-16(23)8-3-9-17(19)24/h1-10,24H,11H2,(H2,22,25). The summed E-state index contributed by atoms with van der Waals surface area (Å²) in [6.07, 6.45) is 0. The van der Waals surface area contributed by atoms with Crippen molar-refractivity contribution >= 4 is 43.6 Å². The number of benzene rings is 3. The number of primary amides is 1. The normalized spacial score (nSPS) is 11.2. The number of fused-ring (bicyclic) bond motifs is 3. The van der Waals surface area contributed by atoms with E-state index in [1.54, 1.807) is 18.2 Å². The lowest BCUT2D eigenvalue weighted by atomic mass is 10.1. The van der Waals surface area contributed by atoms with Gasteiger partial charge in [-0.2, -0.15) is 0 Å². The lowest BCUT2D eigenvalue weighted by Crippen LogP contribution is -2.11. The van der Waals surface area contributed by atoms with Crippen molar-refractivity contribution in [3.8, 4) is 5.75 Å². The first-order valence-corrected chi connectivity index (χ1v) is 8.62. The van der Waals surface area contributed by atoms with Crippen LogP contribution in [0, 0.1) is 0 Å². The SMILES string of the molecule is NC(=O)c1cccc2c1c1c(O)cccc1n2Cc1cccc(Br)c1. The molecule has 0 aliphatic carbocycles. The number of hydrogen-bond donors (Lipinski definition) is 2. The summed E-state index contributed by atoms with van der Waals surface area (Å²) in [7, 11) is 0. The smallest absolute Gasteiger partial charge is 0.249 e. The van der Waals surface area contributed by atoms with Crippen LogP contribution < -0.4 is 5.73 Å². The predicted molar refractivity (Wildman–Crippen MR) is 103 cm³/mol. The second kappa shape index (κ2) is 5.93. The number of phenols is 1. The Morgan fingerprint density at radius 3 is 2.40 bits per heavy atom. The minimum absolute atomic E-state index is 0.143. The summed E-state index contributed by atoms with van der Waals surface area (Å²) in [4.78, 5) is 11.9. The molecule has 1 heterocycles. The molecule has 3 N–H and O–H groups in total. The van der Waals surface area contributed by atoms with Crippen LogP contribution >= 0.6 is 15.9 Å². The molecule has 25 heavy (non-hydrogen) atoms. The minimum Gasteiger partial charge on any atom is -0.507 e. The highest BCUT2D eigenvalue weighted by molar-refractivity contribution is 9.10. The molecule has 4 rings (SSSR count). The van der Waals surface area contributed by atoms with Crippen molar-refractivity contribution in [1.82, 2.24) is 4.57 Å². The second-order valence-corrected chi connectivity index (χ2v) is 6.87. The average Bonchev–Trinajstić information content (AvgIpc) is 2.90. The molecule has 5 heteroatoms. The van der Waals surface area contributed by atoms with Crippen molar-refractivity contribution in [2.24, 2.45) is 5.73 Å². The maximum Gasteiger partial charge on any atom is 0.249 e. The van der Waals surface area contributed by atoms with E-state index < -0.39 is 5.91 Å². The number of carbonyl (C=O) groups excluding carboxylic acids is 1. The van der Waals surface area contributed by atoms with E-state index in [0.717, 1.165) is 21.1 Å². The third-order valence-corrected chi connectivity index (χ3v) is 4.88. The number of nitrogens with zero attached hydrogens (tertiary/aromatic N) is 1. The zero-order chi connectivity index (χ0) is 17.6. The molecule has 3 aromatic carbocycles. The van der Waals surface area contributed by atoms with Crippen molar-refractivity contribution in [2.45, 2.75) is 6.54 Å². The lowest BCUT2D eigenvalue weighted by molar-refractivity contribution is 0.100. The number of halogens is 1. The highest BCUT2D eigenvalue weighted by atomic mass is 79.9. The minimum atomic E-state index is -0.504. The van der Waals surface area contributed by atoms with Gasteiger partial charge >= 0.3 is 0 Å². The topological polar surface area (TPSA) is 68.2 Å². The molecule has 124 valence electrons. The Balaban J connectivity index is 2.08. The first-order chi connectivity index (χ1) is 12.1. The molecule has 0 fully saturated rings. The predicted octanol–water partition coefficient (Wildman–Crippen LogP) is 4.41. The lowest BCUT2D eigenvalue weighted by Gasteiger charge is -2.08. The number of amides is 1. The Morgan fingerprint density at radius 2 is 1.68 bits per heavy atom. The Bertz CT molecular complexity index is 1130. The van der Waals surface area contributed by atoms with E-state index in [1.807, 2.05) is 36.4 Å². The van der Waals surface area contributed by atoms with Gasteiger partial charge in [-0.1, -0.05) is 40.2 Å². The van der Waals surface area contributed by atoms with E-state index in [-0.39, 0.29) is 5.75 Å². The fourth-order valence-electron chi connectivity index (χ4n) is 3.36. The molecular formula is C20H15BrN2O2. The summed E-state index contributed by atoms with van der Waals surface area (Å²) in [5.41, 5.74) is 8.83. The highest BCUT2D eigenvalue weighted by Crippen LogP contribution is 2.37. The van der Waals surface area contributed by atoms with Crippen LogP contribution in [0.4, 0.5) is 0 Å². The molecule has 0 atom stereocenters. The molecule has 0 saturated carbocycles. The van der Waals surface area contributed by atoms with Gasteiger partial charge in [-0.3, -0.25) is 4.79 Å².